The molecule has 1 aromatic rings. The Hall–Kier alpha value is -1.71. The number of aliphatic carboxylic acids is 1. The van der Waals surface area contributed by atoms with Gasteiger partial charge in [-0.25, -0.2) is 0 Å². The maximum Gasteiger partial charge on any atom is 0.310 e. The van der Waals surface area contributed by atoms with Gasteiger partial charge >= 0.3 is 5.97 Å². The second-order valence-corrected chi connectivity index (χ2v) is 3.34. The number of carbonyl (C=O) groups is 1. The van der Waals surface area contributed by atoms with Crippen molar-refractivity contribution in [3.8, 4) is 11.5 Å². The zero-order valence-electron chi connectivity index (χ0n) is 7.43. The number of hydrogen-bond donors (Lipinski definition) is 2. The Kier molecular flexibility index (Phi) is 2.04. The van der Waals surface area contributed by atoms with E-state index in [0.29, 0.717) is 12.2 Å². The van der Waals surface area contributed by atoms with Crippen LogP contribution in [0.2, 0.25) is 0 Å². The molecule has 1 aromatic carbocycles. The van der Waals surface area contributed by atoms with Gasteiger partial charge in [-0.05, 0) is 18.1 Å². The van der Waals surface area contributed by atoms with Gasteiger partial charge in [-0.1, -0.05) is 6.07 Å². The first-order valence-electron chi connectivity index (χ1n) is 4.34. The number of phenols is 1. The first kappa shape index (κ1) is 8.87. The van der Waals surface area contributed by atoms with Crippen LogP contribution in [0.1, 0.15) is 5.56 Å². The molecule has 1 heterocycles. The minimum Gasteiger partial charge on any atom is -0.508 e. The monoisotopic (exact) mass is 194 g/mol. The molecule has 1 aliphatic rings. The molecule has 1 aliphatic heterocycles. The molecule has 0 radical (unpaired) electrons. The molecule has 4 heteroatoms. The molecule has 0 bridgehead atoms. The van der Waals surface area contributed by atoms with Crippen molar-refractivity contribution >= 4 is 5.97 Å². The summed E-state index contributed by atoms with van der Waals surface area (Å²) in [6.07, 6.45) is 0.463. The lowest BCUT2D eigenvalue weighted by atomic mass is 9.97. The van der Waals surface area contributed by atoms with E-state index < -0.39 is 11.9 Å². The highest BCUT2D eigenvalue weighted by atomic mass is 16.5. The van der Waals surface area contributed by atoms with Crippen LogP contribution < -0.4 is 4.74 Å². The van der Waals surface area contributed by atoms with Crippen LogP contribution in [0.15, 0.2) is 18.2 Å². The number of ether oxygens (including phenoxy) is 1. The standard InChI is InChI=1S/C10H10O4/c11-8-2-1-6-3-7(10(12)13)5-14-9(6)4-8/h1-2,4,7,11H,3,5H2,(H,12,13)/t7-/m1/s1. The summed E-state index contributed by atoms with van der Waals surface area (Å²) in [4.78, 5) is 10.7. The van der Waals surface area contributed by atoms with Crippen LogP contribution in [0.4, 0.5) is 0 Å². The van der Waals surface area contributed by atoms with E-state index in [1.165, 1.54) is 12.1 Å². The van der Waals surface area contributed by atoms with Crippen LogP contribution in [0.3, 0.4) is 0 Å². The second kappa shape index (κ2) is 3.21. The smallest absolute Gasteiger partial charge is 0.310 e. The highest BCUT2D eigenvalue weighted by molar-refractivity contribution is 5.71. The Morgan fingerprint density at radius 3 is 3.00 bits per heavy atom. The van der Waals surface area contributed by atoms with Crippen molar-refractivity contribution in [2.75, 3.05) is 6.61 Å². The fraction of sp³-hybridized carbons (Fsp3) is 0.300. The molecule has 0 saturated heterocycles. The zero-order valence-corrected chi connectivity index (χ0v) is 7.43. The van der Waals surface area contributed by atoms with Crippen molar-refractivity contribution in [2.45, 2.75) is 6.42 Å². The molecule has 4 nitrogen and oxygen atoms in total. The fourth-order valence-electron chi connectivity index (χ4n) is 1.52. The van der Waals surface area contributed by atoms with E-state index in [0.717, 1.165) is 5.56 Å². The van der Waals surface area contributed by atoms with Gasteiger partial charge < -0.3 is 14.9 Å². The van der Waals surface area contributed by atoms with E-state index >= 15 is 0 Å². The predicted molar refractivity (Wildman–Crippen MR) is 48.4 cm³/mol. The first-order chi connectivity index (χ1) is 6.66. The van der Waals surface area contributed by atoms with Gasteiger partial charge in [0.15, 0.2) is 0 Å². The van der Waals surface area contributed by atoms with Crippen LogP contribution >= 0.6 is 0 Å². The molecule has 0 spiro atoms. The number of benzene rings is 1. The van der Waals surface area contributed by atoms with Crippen LogP contribution in [-0.2, 0) is 11.2 Å². The van der Waals surface area contributed by atoms with Gasteiger partial charge in [0.25, 0.3) is 0 Å². The summed E-state index contributed by atoms with van der Waals surface area (Å²) in [5.74, 6) is -0.601. The van der Waals surface area contributed by atoms with Crippen LogP contribution in [0.5, 0.6) is 11.5 Å². The summed E-state index contributed by atoms with van der Waals surface area (Å²) in [6, 6.07) is 4.74. The van der Waals surface area contributed by atoms with Crippen LogP contribution in [0.25, 0.3) is 0 Å². The number of fused-ring (bicyclic) bond motifs is 1. The van der Waals surface area contributed by atoms with Crippen molar-refractivity contribution in [2.24, 2.45) is 5.92 Å². The van der Waals surface area contributed by atoms with Gasteiger partial charge in [-0.2, -0.15) is 0 Å². The Bertz CT molecular complexity index is 372. The lowest BCUT2D eigenvalue weighted by Gasteiger charge is -2.22. The second-order valence-electron chi connectivity index (χ2n) is 3.34. The van der Waals surface area contributed by atoms with Crippen LogP contribution in [-0.4, -0.2) is 22.8 Å². The van der Waals surface area contributed by atoms with E-state index in [-0.39, 0.29) is 12.4 Å². The first-order valence-corrected chi connectivity index (χ1v) is 4.34. The molecular weight excluding hydrogens is 184 g/mol. The molecule has 0 amide bonds. The van der Waals surface area contributed by atoms with Crippen LogP contribution in [0, 0.1) is 5.92 Å². The van der Waals surface area contributed by atoms with Gasteiger partial charge in [0.1, 0.15) is 18.1 Å². The molecule has 0 aromatic heterocycles. The van der Waals surface area contributed by atoms with Crippen molar-refractivity contribution in [3.05, 3.63) is 23.8 Å². The molecule has 2 rings (SSSR count). The highest BCUT2D eigenvalue weighted by Gasteiger charge is 2.25. The van der Waals surface area contributed by atoms with E-state index in [1.54, 1.807) is 6.07 Å². The Morgan fingerprint density at radius 2 is 2.29 bits per heavy atom. The zero-order chi connectivity index (χ0) is 10.1. The van der Waals surface area contributed by atoms with E-state index in [9.17, 15) is 4.79 Å². The van der Waals surface area contributed by atoms with Gasteiger partial charge in [0.2, 0.25) is 0 Å². The quantitative estimate of drug-likeness (QED) is 0.700. The van der Waals surface area contributed by atoms with Gasteiger partial charge in [-0.3, -0.25) is 4.79 Å². The number of aromatic hydroxyl groups is 1. The molecule has 0 aliphatic carbocycles. The van der Waals surface area contributed by atoms with E-state index in [4.69, 9.17) is 14.9 Å². The third-order valence-electron chi connectivity index (χ3n) is 2.31. The minimum absolute atomic E-state index is 0.137. The molecule has 0 saturated carbocycles. The summed E-state index contributed by atoms with van der Waals surface area (Å²) < 4.78 is 5.24. The molecule has 2 N–H and O–H groups in total. The maximum absolute atomic E-state index is 10.7. The lowest BCUT2D eigenvalue weighted by molar-refractivity contribution is -0.143. The number of carboxylic acid groups (broad SMARTS) is 1. The van der Waals surface area contributed by atoms with E-state index in [2.05, 4.69) is 0 Å². The number of carboxylic acids is 1. The molecular formula is C10H10O4. The van der Waals surface area contributed by atoms with Crippen molar-refractivity contribution < 1.29 is 19.7 Å². The van der Waals surface area contributed by atoms with Crippen molar-refractivity contribution in [1.82, 2.24) is 0 Å². The Morgan fingerprint density at radius 1 is 1.50 bits per heavy atom. The summed E-state index contributed by atoms with van der Waals surface area (Å²) in [6.45, 7) is 0.172. The van der Waals surface area contributed by atoms with Crippen molar-refractivity contribution in [3.63, 3.8) is 0 Å². The molecule has 1 atom stereocenters. The summed E-state index contributed by atoms with van der Waals surface area (Å²) in [7, 11) is 0. The Balaban J connectivity index is 2.27. The third-order valence-corrected chi connectivity index (χ3v) is 2.31. The summed E-state index contributed by atoms with van der Waals surface area (Å²) in [5, 5.41) is 18.0. The largest absolute Gasteiger partial charge is 0.508 e. The fourth-order valence-corrected chi connectivity index (χ4v) is 1.52. The number of rotatable bonds is 1. The maximum atomic E-state index is 10.7. The summed E-state index contributed by atoms with van der Waals surface area (Å²) >= 11 is 0. The third kappa shape index (κ3) is 1.51. The van der Waals surface area contributed by atoms with Gasteiger partial charge in [0, 0.05) is 6.07 Å². The topological polar surface area (TPSA) is 66.8 Å². The average Bonchev–Trinajstić information content (AvgIpc) is 2.16. The minimum atomic E-state index is -0.844. The van der Waals surface area contributed by atoms with E-state index in [1.807, 2.05) is 0 Å². The van der Waals surface area contributed by atoms with Gasteiger partial charge in [0.05, 0.1) is 5.92 Å². The Labute approximate surface area is 80.7 Å². The summed E-state index contributed by atoms with van der Waals surface area (Å²) in [5.41, 5.74) is 0.835. The number of phenolic OH excluding ortho intramolecular Hbond substituents is 1. The highest BCUT2D eigenvalue weighted by Crippen LogP contribution is 2.30. The normalized spacial score (nSPS) is 19.6. The number of hydrogen-bond acceptors (Lipinski definition) is 3. The lowest BCUT2D eigenvalue weighted by Crippen LogP contribution is -2.27. The predicted octanol–water partition coefficient (Wildman–Crippen LogP) is 1.03. The molecule has 0 fully saturated rings. The molecule has 14 heavy (non-hydrogen) atoms. The SMILES string of the molecule is O=C(O)[C@H]1COc2cc(O)ccc2C1. The van der Waals surface area contributed by atoms with Crippen molar-refractivity contribution in [1.29, 1.82) is 0 Å². The average molecular weight is 194 g/mol. The van der Waals surface area contributed by atoms with Gasteiger partial charge in [-0.15, -0.1) is 0 Å². The molecule has 0 unspecified atom stereocenters. The molecule has 74 valence electrons.